The molecule has 0 saturated heterocycles. The Bertz CT molecular complexity index is 233. The topological polar surface area (TPSA) is 44.3 Å². The minimum atomic E-state index is 0.291. The molecule has 0 saturated carbocycles. The average Bonchev–Trinajstić information content (AvgIpc) is 2.15. The van der Waals surface area contributed by atoms with Gasteiger partial charge in [-0.05, 0) is 30.7 Å². The normalized spacial score (nSPS) is 9.92. The molecule has 72 valence electrons. The van der Waals surface area contributed by atoms with E-state index in [-0.39, 0.29) is 0 Å². The third kappa shape index (κ3) is 3.80. The second-order valence-electron chi connectivity index (χ2n) is 2.95. The number of hydrogen-bond acceptors (Lipinski definition) is 3. The number of hydrogen-bond donors (Lipinski definition) is 3. The van der Waals surface area contributed by atoms with Gasteiger partial charge in [-0.3, -0.25) is 0 Å². The smallest absolute Gasteiger partial charge is 0.115 e. The highest BCUT2D eigenvalue weighted by atomic mass is 16.3. The first-order chi connectivity index (χ1) is 6.33. The van der Waals surface area contributed by atoms with Crippen molar-refractivity contribution in [1.29, 1.82) is 0 Å². The molecular formula is C10H16N2O. The van der Waals surface area contributed by atoms with E-state index in [1.807, 2.05) is 12.1 Å². The minimum Gasteiger partial charge on any atom is -0.508 e. The van der Waals surface area contributed by atoms with Gasteiger partial charge in [-0.2, -0.15) is 0 Å². The molecular weight excluding hydrogens is 164 g/mol. The lowest BCUT2D eigenvalue weighted by atomic mass is 10.3. The lowest BCUT2D eigenvalue weighted by Crippen LogP contribution is -2.22. The first-order valence-corrected chi connectivity index (χ1v) is 4.61. The Labute approximate surface area is 78.8 Å². The van der Waals surface area contributed by atoms with Crippen molar-refractivity contribution in [2.45, 2.75) is 19.8 Å². The highest BCUT2D eigenvalue weighted by molar-refractivity contribution is 5.44. The van der Waals surface area contributed by atoms with Gasteiger partial charge in [0.1, 0.15) is 5.75 Å². The summed E-state index contributed by atoms with van der Waals surface area (Å²) in [6, 6.07) is 6.97. The summed E-state index contributed by atoms with van der Waals surface area (Å²) in [7, 11) is 0. The van der Waals surface area contributed by atoms with Gasteiger partial charge in [0.2, 0.25) is 0 Å². The Balaban J connectivity index is 2.25. The fraction of sp³-hybridized carbons (Fsp3) is 0.400. The molecule has 0 amide bonds. The van der Waals surface area contributed by atoms with Crippen LogP contribution in [0.1, 0.15) is 19.8 Å². The van der Waals surface area contributed by atoms with Crippen molar-refractivity contribution in [2.75, 3.05) is 12.0 Å². The Morgan fingerprint density at radius 3 is 2.54 bits per heavy atom. The van der Waals surface area contributed by atoms with Crippen LogP contribution in [-0.2, 0) is 0 Å². The summed E-state index contributed by atoms with van der Waals surface area (Å²) < 4.78 is 0. The van der Waals surface area contributed by atoms with Crippen molar-refractivity contribution >= 4 is 5.69 Å². The Hall–Kier alpha value is -1.22. The molecule has 3 heteroatoms. The molecule has 0 fully saturated rings. The number of aromatic hydroxyl groups is 1. The number of benzene rings is 1. The van der Waals surface area contributed by atoms with Gasteiger partial charge in [0.15, 0.2) is 0 Å². The zero-order valence-corrected chi connectivity index (χ0v) is 7.88. The van der Waals surface area contributed by atoms with Crippen molar-refractivity contribution in [1.82, 2.24) is 5.43 Å². The highest BCUT2D eigenvalue weighted by Crippen LogP contribution is 2.12. The van der Waals surface area contributed by atoms with Crippen molar-refractivity contribution in [3.63, 3.8) is 0 Å². The number of unbranched alkanes of at least 4 members (excludes halogenated alkanes) is 1. The van der Waals surface area contributed by atoms with Gasteiger partial charge in [-0.15, -0.1) is 0 Å². The zero-order valence-electron chi connectivity index (χ0n) is 7.88. The summed E-state index contributed by atoms with van der Waals surface area (Å²) >= 11 is 0. The molecule has 0 atom stereocenters. The molecule has 13 heavy (non-hydrogen) atoms. The number of nitrogens with one attached hydrogen (secondary N) is 2. The molecule has 0 radical (unpaired) electrons. The van der Waals surface area contributed by atoms with Crippen LogP contribution in [0.15, 0.2) is 24.3 Å². The summed E-state index contributed by atoms with van der Waals surface area (Å²) in [6.07, 6.45) is 2.34. The zero-order chi connectivity index (χ0) is 9.52. The van der Waals surface area contributed by atoms with E-state index in [1.165, 1.54) is 6.42 Å². The number of phenols is 1. The Morgan fingerprint density at radius 1 is 1.23 bits per heavy atom. The number of rotatable bonds is 5. The van der Waals surface area contributed by atoms with Crippen LogP contribution in [0, 0.1) is 0 Å². The number of phenolic OH excluding ortho intramolecular Hbond substituents is 1. The van der Waals surface area contributed by atoms with E-state index in [1.54, 1.807) is 12.1 Å². The molecule has 0 bridgehead atoms. The second-order valence-corrected chi connectivity index (χ2v) is 2.95. The SMILES string of the molecule is CCCCNNc1ccc(O)cc1. The molecule has 1 aromatic rings. The number of anilines is 1. The van der Waals surface area contributed by atoms with Crippen molar-refractivity contribution in [2.24, 2.45) is 0 Å². The predicted octanol–water partition coefficient (Wildman–Crippen LogP) is 2.11. The van der Waals surface area contributed by atoms with Crippen LogP contribution in [0.2, 0.25) is 0 Å². The summed E-state index contributed by atoms with van der Waals surface area (Å²) in [4.78, 5) is 0. The summed E-state index contributed by atoms with van der Waals surface area (Å²) in [5.41, 5.74) is 7.10. The molecule has 0 aliphatic rings. The maximum atomic E-state index is 9.02. The van der Waals surface area contributed by atoms with Crippen LogP contribution >= 0.6 is 0 Å². The molecule has 0 aliphatic carbocycles. The largest absolute Gasteiger partial charge is 0.508 e. The summed E-state index contributed by atoms with van der Waals surface area (Å²) in [6.45, 7) is 3.11. The molecule has 0 aromatic heterocycles. The highest BCUT2D eigenvalue weighted by Gasteiger charge is 1.90. The van der Waals surface area contributed by atoms with Crippen LogP contribution in [0.5, 0.6) is 5.75 Å². The van der Waals surface area contributed by atoms with Gasteiger partial charge in [-0.1, -0.05) is 13.3 Å². The van der Waals surface area contributed by atoms with Gasteiger partial charge in [-0.25, -0.2) is 5.43 Å². The first kappa shape index (κ1) is 9.86. The second kappa shape index (κ2) is 5.43. The van der Waals surface area contributed by atoms with E-state index >= 15 is 0 Å². The van der Waals surface area contributed by atoms with E-state index in [0.717, 1.165) is 18.7 Å². The minimum absolute atomic E-state index is 0.291. The molecule has 3 nitrogen and oxygen atoms in total. The molecule has 3 N–H and O–H groups in total. The lowest BCUT2D eigenvalue weighted by Gasteiger charge is -2.07. The Kier molecular flexibility index (Phi) is 4.12. The van der Waals surface area contributed by atoms with Gasteiger partial charge < -0.3 is 10.5 Å². The fourth-order valence-corrected chi connectivity index (χ4v) is 0.974. The van der Waals surface area contributed by atoms with Crippen LogP contribution < -0.4 is 10.9 Å². The van der Waals surface area contributed by atoms with Gasteiger partial charge in [0, 0.05) is 12.2 Å². The standard InChI is InChI=1S/C10H16N2O/c1-2-3-8-11-12-9-4-6-10(13)7-5-9/h4-7,11-13H,2-3,8H2,1H3. The van der Waals surface area contributed by atoms with Crippen molar-refractivity contribution < 1.29 is 5.11 Å². The van der Waals surface area contributed by atoms with Gasteiger partial charge >= 0.3 is 0 Å². The van der Waals surface area contributed by atoms with Crippen LogP contribution in [0.25, 0.3) is 0 Å². The quantitative estimate of drug-likeness (QED) is 0.369. The maximum Gasteiger partial charge on any atom is 0.115 e. The first-order valence-electron chi connectivity index (χ1n) is 4.61. The molecule has 1 rings (SSSR count). The van der Waals surface area contributed by atoms with Crippen LogP contribution in [0.4, 0.5) is 5.69 Å². The fourth-order valence-electron chi connectivity index (χ4n) is 0.974. The summed E-state index contributed by atoms with van der Waals surface area (Å²) in [5, 5.41) is 9.02. The van der Waals surface area contributed by atoms with Crippen LogP contribution in [0.3, 0.4) is 0 Å². The molecule has 0 heterocycles. The van der Waals surface area contributed by atoms with Crippen molar-refractivity contribution in [3.8, 4) is 5.75 Å². The van der Waals surface area contributed by atoms with E-state index in [4.69, 9.17) is 5.11 Å². The van der Waals surface area contributed by atoms with Gasteiger partial charge in [0.05, 0.1) is 0 Å². The third-order valence-electron chi connectivity index (χ3n) is 1.76. The number of hydrazine groups is 1. The van der Waals surface area contributed by atoms with E-state index in [0.29, 0.717) is 5.75 Å². The summed E-state index contributed by atoms with van der Waals surface area (Å²) in [5.74, 6) is 0.291. The van der Waals surface area contributed by atoms with E-state index in [9.17, 15) is 0 Å². The van der Waals surface area contributed by atoms with Crippen molar-refractivity contribution in [3.05, 3.63) is 24.3 Å². The molecule has 0 spiro atoms. The van der Waals surface area contributed by atoms with Crippen LogP contribution in [-0.4, -0.2) is 11.7 Å². The molecule has 0 aliphatic heterocycles. The third-order valence-corrected chi connectivity index (χ3v) is 1.76. The monoisotopic (exact) mass is 180 g/mol. The molecule has 0 unspecified atom stereocenters. The maximum absolute atomic E-state index is 9.02. The van der Waals surface area contributed by atoms with Gasteiger partial charge in [0.25, 0.3) is 0 Å². The lowest BCUT2D eigenvalue weighted by molar-refractivity contribution is 0.475. The molecule has 1 aromatic carbocycles. The van der Waals surface area contributed by atoms with E-state index in [2.05, 4.69) is 17.8 Å². The Morgan fingerprint density at radius 2 is 1.92 bits per heavy atom. The average molecular weight is 180 g/mol. The predicted molar refractivity (Wildman–Crippen MR) is 54.6 cm³/mol. The van der Waals surface area contributed by atoms with E-state index < -0.39 is 0 Å².